The minimum absolute atomic E-state index is 0.120. The number of alkyl halides is 3. The maximum atomic E-state index is 12.8. The van der Waals surface area contributed by atoms with Crippen molar-refractivity contribution in [3.05, 3.63) is 83.4 Å². The van der Waals surface area contributed by atoms with E-state index in [4.69, 9.17) is 17.3 Å². The molecule has 33 heavy (non-hydrogen) atoms. The Bertz CT molecular complexity index is 1310. The molecule has 0 bridgehead atoms. The first-order valence-corrected chi connectivity index (χ1v) is 10.0. The second-order valence-corrected chi connectivity index (χ2v) is 7.47. The van der Waals surface area contributed by atoms with Crippen molar-refractivity contribution in [3.63, 3.8) is 0 Å². The van der Waals surface area contributed by atoms with Gasteiger partial charge in [-0.05, 0) is 30.3 Å². The van der Waals surface area contributed by atoms with Gasteiger partial charge in [-0.1, -0.05) is 54.1 Å². The van der Waals surface area contributed by atoms with Gasteiger partial charge in [-0.2, -0.15) is 13.2 Å². The van der Waals surface area contributed by atoms with E-state index in [1.165, 1.54) is 0 Å². The Kier molecular flexibility index (Phi) is 5.97. The van der Waals surface area contributed by atoms with Crippen LogP contribution in [0.5, 0.6) is 0 Å². The van der Waals surface area contributed by atoms with Crippen LogP contribution in [-0.2, 0) is 6.18 Å². The third-order valence-corrected chi connectivity index (χ3v) is 5.02. The number of amides is 2. The van der Waals surface area contributed by atoms with Gasteiger partial charge in [-0.15, -0.1) is 0 Å². The molecule has 0 atom stereocenters. The van der Waals surface area contributed by atoms with Gasteiger partial charge in [0.1, 0.15) is 0 Å². The highest BCUT2D eigenvalue weighted by Crippen LogP contribution is 2.36. The predicted molar refractivity (Wildman–Crippen MR) is 123 cm³/mol. The number of hydrogen-bond acceptors (Lipinski definition) is 3. The van der Waals surface area contributed by atoms with Crippen LogP contribution in [0, 0.1) is 0 Å². The molecule has 0 saturated heterocycles. The summed E-state index contributed by atoms with van der Waals surface area (Å²) in [6.07, 6.45) is -4.58. The van der Waals surface area contributed by atoms with Crippen molar-refractivity contribution >= 4 is 35.0 Å². The number of rotatable bonds is 4. The Hall–Kier alpha value is -3.98. The van der Waals surface area contributed by atoms with Crippen LogP contribution in [0.25, 0.3) is 22.5 Å². The number of halogens is 4. The van der Waals surface area contributed by atoms with E-state index in [9.17, 15) is 18.0 Å². The summed E-state index contributed by atoms with van der Waals surface area (Å²) in [5, 5.41) is 4.61. The molecule has 6 nitrogen and oxygen atoms in total. The van der Waals surface area contributed by atoms with Gasteiger partial charge in [0.15, 0.2) is 5.95 Å². The molecule has 0 aliphatic heterocycles. The zero-order chi connectivity index (χ0) is 23.6. The Balaban J connectivity index is 1.53. The second-order valence-electron chi connectivity index (χ2n) is 7.06. The largest absolute Gasteiger partial charge is 0.417 e. The molecule has 1 heterocycles. The maximum absolute atomic E-state index is 12.8. The van der Waals surface area contributed by atoms with Gasteiger partial charge in [0.2, 0.25) is 0 Å². The average Bonchev–Trinajstić information content (AvgIpc) is 3.15. The lowest BCUT2D eigenvalue weighted by molar-refractivity contribution is -0.137. The summed E-state index contributed by atoms with van der Waals surface area (Å²) in [6.45, 7) is 0. The van der Waals surface area contributed by atoms with E-state index in [1.807, 2.05) is 36.4 Å². The molecule has 0 aliphatic carbocycles. The number of imidazole rings is 1. The summed E-state index contributed by atoms with van der Waals surface area (Å²) in [7, 11) is 0. The standard InChI is InChI=1S/C23H17ClF3N5O/c24-18-12-16(9-10-17(18)23(25,26)27)30-22(33)29-15-8-4-7-14(11-15)20-19(31-21(28)32-20)13-5-2-1-3-6-13/h1-12H,(H3,28,31,32)(H2,29,30,33). The summed E-state index contributed by atoms with van der Waals surface area (Å²) in [5.74, 6) is 0.249. The first-order chi connectivity index (χ1) is 15.7. The van der Waals surface area contributed by atoms with E-state index in [-0.39, 0.29) is 11.6 Å². The molecule has 0 fully saturated rings. The normalized spacial score (nSPS) is 11.3. The molecule has 0 saturated carbocycles. The number of urea groups is 1. The van der Waals surface area contributed by atoms with Crippen LogP contribution in [0.3, 0.4) is 0 Å². The number of aromatic amines is 1. The van der Waals surface area contributed by atoms with Crippen LogP contribution in [0.4, 0.5) is 35.3 Å². The van der Waals surface area contributed by atoms with E-state index < -0.39 is 22.8 Å². The van der Waals surface area contributed by atoms with E-state index in [0.29, 0.717) is 17.1 Å². The number of nitrogens with zero attached hydrogens (tertiary/aromatic N) is 1. The highest BCUT2D eigenvalue weighted by atomic mass is 35.5. The second kappa shape index (κ2) is 8.87. The summed E-state index contributed by atoms with van der Waals surface area (Å²) in [6, 6.07) is 18.8. The molecule has 168 valence electrons. The summed E-state index contributed by atoms with van der Waals surface area (Å²) >= 11 is 5.70. The SMILES string of the molecule is Nc1nc(-c2ccccc2)c(-c2cccc(NC(=O)Nc3ccc(C(F)(F)F)c(Cl)c3)c2)[nH]1. The molecule has 3 aromatic carbocycles. The molecule has 1 aromatic heterocycles. The molecule has 2 amide bonds. The predicted octanol–water partition coefficient (Wildman–Crippen LogP) is 6.64. The van der Waals surface area contributed by atoms with Crippen LogP contribution in [0.2, 0.25) is 5.02 Å². The van der Waals surface area contributed by atoms with Crippen LogP contribution >= 0.6 is 11.6 Å². The first-order valence-electron chi connectivity index (χ1n) is 9.67. The fraction of sp³-hybridized carbons (Fsp3) is 0.0435. The summed E-state index contributed by atoms with van der Waals surface area (Å²) < 4.78 is 38.5. The topological polar surface area (TPSA) is 95.8 Å². The average molecular weight is 472 g/mol. The van der Waals surface area contributed by atoms with Gasteiger partial charge < -0.3 is 21.4 Å². The van der Waals surface area contributed by atoms with E-state index in [1.54, 1.807) is 18.2 Å². The number of H-pyrrole nitrogens is 1. The number of nitrogen functional groups attached to an aromatic ring is 1. The number of carbonyl (C=O) groups is 1. The van der Waals surface area contributed by atoms with Crippen LogP contribution < -0.4 is 16.4 Å². The number of nitrogens with one attached hydrogen (secondary N) is 3. The third-order valence-electron chi connectivity index (χ3n) is 4.71. The van der Waals surface area contributed by atoms with Crippen LogP contribution in [0.1, 0.15) is 5.56 Å². The quantitative estimate of drug-likeness (QED) is 0.268. The minimum Gasteiger partial charge on any atom is -0.369 e. The van der Waals surface area contributed by atoms with Gasteiger partial charge in [0, 0.05) is 22.5 Å². The molecule has 5 N–H and O–H groups in total. The minimum atomic E-state index is -4.58. The van der Waals surface area contributed by atoms with Gasteiger partial charge in [0.25, 0.3) is 0 Å². The molecule has 0 spiro atoms. The Morgan fingerprint density at radius 1 is 0.909 bits per heavy atom. The van der Waals surface area contributed by atoms with Gasteiger partial charge >= 0.3 is 12.2 Å². The zero-order valence-corrected chi connectivity index (χ0v) is 17.6. The van der Waals surface area contributed by atoms with Crippen molar-refractivity contribution < 1.29 is 18.0 Å². The molecule has 0 unspecified atom stereocenters. The lowest BCUT2D eigenvalue weighted by Crippen LogP contribution is -2.19. The fourth-order valence-electron chi connectivity index (χ4n) is 3.27. The van der Waals surface area contributed by atoms with E-state index in [2.05, 4.69) is 20.6 Å². The Morgan fingerprint density at radius 2 is 1.58 bits per heavy atom. The molecule has 4 rings (SSSR count). The highest BCUT2D eigenvalue weighted by Gasteiger charge is 2.33. The summed E-state index contributed by atoms with van der Waals surface area (Å²) in [4.78, 5) is 19.8. The van der Waals surface area contributed by atoms with Crippen LogP contribution in [0.15, 0.2) is 72.8 Å². The lowest BCUT2D eigenvalue weighted by atomic mass is 10.0. The number of benzene rings is 3. The third kappa shape index (κ3) is 5.09. The van der Waals surface area contributed by atoms with Crippen LogP contribution in [-0.4, -0.2) is 16.0 Å². The van der Waals surface area contributed by atoms with E-state index >= 15 is 0 Å². The number of aromatic nitrogens is 2. The Morgan fingerprint density at radius 3 is 2.24 bits per heavy atom. The van der Waals surface area contributed by atoms with E-state index in [0.717, 1.165) is 29.3 Å². The molecular formula is C23H17ClF3N5O. The fourth-order valence-corrected chi connectivity index (χ4v) is 3.56. The first kappa shape index (κ1) is 22.2. The number of anilines is 3. The molecule has 10 heteroatoms. The molecule has 0 radical (unpaired) electrons. The maximum Gasteiger partial charge on any atom is 0.417 e. The van der Waals surface area contributed by atoms with Crippen molar-refractivity contribution in [1.82, 2.24) is 9.97 Å². The van der Waals surface area contributed by atoms with Gasteiger partial charge in [0.05, 0.1) is 22.0 Å². The number of hydrogen-bond donors (Lipinski definition) is 4. The van der Waals surface area contributed by atoms with Crippen molar-refractivity contribution in [1.29, 1.82) is 0 Å². The monoisotopic (exact) mass is 471 g/mol. The zero-order valence-electron chi connectivity index (χ0n) is 16.9. The number of nitrogens with two attached hydrogens (primary N) is 1. The highest BCUT2D eigenvalue weighted by molar-refractivity contribution is 6.31. The molecule has 0 aliphatic rings. The lowest BCUT2D eigenvalue weighted by Gasteiger charge is -2.12. The molecular weight excluding hydrogens is 455 g/mol. The van der Waals surface area contributed by atoms with Crippen molar-refractivity contribution in [2.45, 2.75) is 6.18 Å². The smallest absolute Gasteiger partial charge is 0.369 e. The summed E-state index contributed by atoms with van der Waals surface area (Å²) in [5.41, 5.74) is 8.42. The van der Waals surface area contributed by atoms with Crippen molar-refractivity contribution in [2.75, 3.05) is 16.4 Å². The van der Waals surface area contributed by atoms with Crippen molar-refractivity contribution in [2.24, 2.45) is 0 Å². The van der Waals surface area contributed by atoms with Gasteiger partial charge in [-0.25, -0.2) is 9.78 Å². The van der Waals surface area contributed by atoms with Crippen molar-refractivity contribution in [3.8, 4) is 22.5 Å². The molecule has 4 aromatic rings. The number of carbonyl (C=O) groups excluding carboxylic acids is 1. The van der Waals surface area contributed by atoms with Gasteiger partial charge in [-0.3, -0.25) is 0 Å². The Labute approximate surface area is 191 Å².